The summed E-state index contributed by atoms with van der Waals surface area (Å²) in [6.07, 6.45) is 3.09. The molecule has 3 rings (SSSR count). The number of aromatic nitrogens is 2. The van der Waals surface area contributed by atoms with Crippen molar-refractivity contribution in [2.75, 3.05) is 0 Å². The second-order valence-corrected chi connectivity index (χ2v) is 5.94. The van der Waals surface area contributed by atoms with Gasteiger partial charge in [0.05, 0.1) is 22.6 Å². The van der Waals surface area contributed by atoms with Crippen LogP contribution in [0.2, 0.25) is 0 Å². The molecule has 0 atom stereocenters. The fourth-order valence-electron chi connectivity index (χ4n) is 2.84. The fraction of sp³-hybridized carbons (Fsp3) is 0.143. The number of carbonyl (C=O) groups is 1. The number of aryl methyl sites for hydroxylation is 1. The van der Waals surface area contributed by atoms with Gasteiger partial charge in [-0.05, 0) is 49.8 Å². The van der Waals surface area contributed by atoms with Gasteiger partial charge >= 0.3 is 6.61 Å². The second kappa shape index (κ2) is 7.95. The number of alkyl halides is 2. The van der Waals surface area contributed by atoms with E-state index in [9.17, 15) is 13.6 Å². The number of hydrogen-bond donors (Lipinski definition) is 0. The minimum atomic E-state index is -2.86. The first-order valence-corrected chi connectivity index (χ1v) is 8.34. The number of rotatable bonds is 6. The molecule has 0 aliphatic carbocycles. The van der Waals surface area contributed by atoms with Crippen molar-refractivity contribution in [3.05, 3.63) is 83.2 Å². The average Bonchev–Trinajstić information content (AvgIpc) is 2.95. The van der Waals surface area contributed by atoms with Gasteiger partial charge in [0.15, 0.2) is 5.78 Å². The van der Waals surface area contributed by atoms with Gasteiger partial charge in [-0.3, -0.25) is 4.79 Å². The third-order valence-electron chi connectivity index (χ3n) is 4.07. The first-order chi connectivity index (χ1) is 13.0. The molecule has 0 bridgehead atoms. The Kier molecular flexibility index (Phi) is 5.45. The zero-order valence-corrected chi connectivity index (χ0v) is 14.9. The maximum Gasteiger partial charge on any atom is 0.387 e. The van der Waals surface area contributed by atoms with Crippen molar-refractivity contribution in [2.45, 2.75) is 20.5 Å². The van der Waals surface area contributed by atoms with Crippen LogP contribution >= 0.6 is 0 Å². The van der Waals surface area contributed by atoms with E-state index < -0.39 is 6.61 Å². The predicted octanol–water partition coefficient (Wildman–Crippen LogP) is 4.99. The molecule has 0 radical (unpaired) electrons. The van der Waals surface area contributed by atoms with Crippen LogP contribution in [0.25, 0.3) is 11.8 Å². The lowest BCUT2D eigenvalue weighted by Gasteiger charge is -2.04. The molecule has 0 saturated heterocycles. The van der Waals surface area contributed by atoms with Crippen molar-refractivity contribution in [3.8, 4) is 11.4 Å². The summed E-state index contributed by atoms with van der Waals surface area (Å²) in [5.74, 6) is -0.0932. The summed E-state index contributed by atoms with van der Waals surface area (Å²) in [6, 6.07) is 15.7. The molecule has 1 heterocycles. The molecule has 3 aromatic rings. The molecule has 0 spiro atoms. The molecule has 2 aromatic carbocycles. The maximum atomic E-state index is 12.7. The van der Waals surface area contributed by atoms with Crippen molar-refractivity contribution >= 4 is 11.9 Å². The largest absolute Gasteiger partial charge is 0.435 e. The highest BCUT2D eigenvalue weighted by molar-refractivity contribution is 6.08. The first-order valence-electron chi connectivity index (χ1n) is 8.34. The summed E-state index contributed by atoms with van der Waals surface area (Å²) in [6.45, 7) is 0.786. The van der Waals surface area contributed by atoms with Gasteiger partial charge in [0.25, 0.3) is 0 Å². The molecule has 4 nitrogen and oxygen atoms in total. The number of carbonyl (C=O) groups excluding carboxylic acids is 1. The Morgan fingerprint density at radius 1 is 1.07 bits per heavy atom. The molecule has 0 aliphatic heterocycles. The molecule has 0 unspecified atom stereocenters. The Morgan fingerprint density at radius 3 is 2.37 bits per heavy atom. The summed E-state index contributed by atoms with van der Waals surface area (Å²) in [4.78, 5) is 12.7. The summed E-state index contributed by atoms with van der Waals surface area (Å²) in [7, 11) is 0. The van der Waals surface area contributed by atoms with Crippen molar-refractivity contribution in [3.63, 3.8) is 0 Å². The summed E-state index contributed by atoms with van der Waals surface area (Å²) in [5.41, 5.74) is 3.54. The van der Waals surface area contributed by atoms with Gasteiger partial charge in [0.2, 0.25) is 0 Å². The number of ether oxygens (including phenoxy) is 1. The fourth-order valence-corrected chi connectivity index (χ4v) is 2.84. The van der Waals surface area contributed by atoms with Crippen LogP contribution in [0, 0.1) is 13.8 Å². The molecule has 138 valence electrons. The lowest BCUT2D eigenvalue weighted by molar-refractivity contribution is -0.0498. The molecular formula is C21H18F2N2O2. The van der Waals surface area contributed by atoms with E-state index >= 15 is 0 Å². The van der Waals surface area contributed by atoms with Crippen LogP contribution < -0.4 is 4.74 Å². The Labute approximate surface area is 155 Å². The SMILES string of the molecule is Cc1nn(-c2ccccc2)c(C)c1C(=O)/C=C/c1ccc(OC(F)F)cc1. The molecule has 0 amide bonds. The van der Waals surface area contributed by atoms with E-state index in [2.05, 4.69) is 9.84 Å². The number of hydrogen-bond acceptors (Lipinski definition) is 3. The second-order valence-electron chi connectivity index (χ2n) is 5.94. The third kappa shape index (κ3) is 4.28. The number of halogens is 2. The average molecular weight is 368 g/mol. The van der Waals surface area contributed by atoms with E-state index in [0.717, 1.165) is 11.4 Å². The highest BCUT2D eigenvalue weighted by Crippen LogP contribution is 2.20. The van der Waals surface area contributed by atoms with Crippen LogP contribution in [0.3, 0.4) is 0 Å². The first kappa shape index (κ1) is 18.5. The zero-order valence-electron chi connectivity index (χ0n) is 14.9. The highest BCUT2D eigenvalue weighted by Gasteiger charge is 2.17. The Balaban J connectivity index is 1.80. The highest BCUT2D eigenvalue weighted by atomic mass is 19.3. The van der Waals surface area contributed by atoms with Gasteiger partial charge in [-0.25, -0.2) is 4.68 Å². The van der Waals surface area contributed by atoms with Gasteiger partial charge in [-0.2, -0.15) is 13.9 Å². The summed E-state index contributed by atoms with van der Waals surface area (Å²) < 4.78 is 30.4. The van der Waals surface area contributed by atoms with E-state index in [0.29, 0.717) is 16.8 Å². The smallest absolute Gasteiger partial charge is 0.387 e. The molecule has 6 heteroatoms. The monoisotopic (exact) mass is 368 g/mol. The third-order valence-corrected chi connectivity index (χ3v) is 4.07. The maximum absolute atomic E-state index is 12.7. The number of benzene rings is 2. The van der Waals surface area contributed by atoms with Crippen LogP contribution in [0.15, 0.2) is 60.7 Å². The molecular weight excluding hydrogens is 350 g/mol. The Hall–Kier alpha value is -3.28. The van der Waals surface area contributed by atoms with Gasteiger partial charge in [0, 0.05) is 0 Å². The number of allylic oxidation sites excluding steroid dienone is 1. The van der Waals surface area contributed by atoms with Crippen molar-refractivity contribution in [1.29, 1.82) is 0 Å². The number of ketones is 1. The lowest BCUT2D eigenvalue weighted by atomic mass is 10.1. The molecule has 0 saturated carbocycles. The van der Waals surface area contributed by atoms with Crippen molar-refractivity contribution in [1.82, 2.24) is 9.78 Å². The van der Waals surface area contributed by atoms with E-state index in [1.165, 1.54) is 18.2 Å². The van der Waals surface area contributed by atoms with Crippen molar-refractivity contribution in [2.24, 2.45) is 0 Å². The topological polar surface area (TPSA) is 44.1 Å². The standard InChI is InChI=1S/C21H18F2N2O2/c1-14-20(15(2)25(24-14)17-6-4-3-5-7-17)19(26)13-10-16-8-11-18(12-9-16)27-21(22)23/h3-13,21H,1-2H3/b13-10+. The van der Waals surface area contributed by atoms with E-state index in [-0.39, 0.29) is 11.5 Å². The van der Waals surface area contributed by atoms with Gasteiger partial charge in [-0.15, -0.1) is 0 Å². The Morgan fingerprint density at radius 2 is 1.74 bits per heavy atom. The van der Waals surface area contributed by atoms with Crippen LogP contribution in [0.5, 0.6) is 5.75 Å². The van der Waals surface area contributed by atoms with Gasteiger partial charge < -0.3 is 4.74 Å². The van der Waals surface area contributed by atoms with Gasteiger partial charge in [0.1, 0.15) is 5.75 Å². The van der Waals surface area contributed by atoms with Crippen LogP contribution in [0.4, 0.5) is 8.78 Å². The molecule has 1 aromatic heterocycles. The quantitative estimate of drug-likeness (QED) is 0.455. The predicted molar refractivity (Wildman–Crippen MR) is 99.5 cm³/mol. The molecule has 0 fully saturated rings. The van der Waals surface area contributed by atoms with E-state index in [1.54, 1.807) is 29.8 Å². The minimum Gasteiger partial charge on any atom is -0.435 e. The van der Waals surface area contributed by atoms with E-state index in [1.807, 2.05) is 37.3 Å². The Bertz CT molecular complexity index is 962. The summed E-state index contributed by atoms with van der Waals surface area (Å²) in [5, 5.41) is 4.47. The van der Waals surface area contributed by atoms with Crippen LogP contribution in [0.1, 0.15) is 27.3 Å². The normalized spacial score (nSPS) is 11.3. The molecule has 0 aliphatic rings. The van der Waals surface area contributed by atoms with Crippen molar-refractivity contribution < 1.29 is 18.3 Å². The zero-order chi connectivity index (χ0) is 19.4. The number of nitrogens with zero attached hydrogens (tertiary/aromatic N) is 2. The van der Waals surface area contributed by atoms with Crippen LogP contribution in [-0.2, 0) is 0 Å². The molecule has 0 N–H and O–H groups in total. The molecule has 27 heavy (non-hydrogen) atoms. The van der Waals surface area contributed by atoms with Crippen LogP contribution in [-0.4, -0.2) is 22.2 Å². The number of para-hydroxylation sites is 1. The summed E-state index contributed by atoms with van der Waals surface area (Å²) >= 11 is 0. The lowest BCUT2D eigenvalue weighted by Crippen LogP contribution is -2.02. The van der Waals surface area contributed by atoms with Gasteiger partial charge in [-0.1, -0.05) is 36.4 Å². The van der Waals surface area contributed by atoms with E-state index in [4.69, 9.17) is 0 Å². The minimum absolute atomic E-state index is 0.0734.